The molecule has 1 rings (SSSR count). The fourth-order valence-electron chi connectivity index (χ4n) is 2.28. The molecule has 0 aliphatic heterocycles. The minimum Gasteiger partial charge on any atom is -0.466 e. The molecule has 0 saturated heterocycles. The number of unbranched alkanes of at least 4 members (excludes halogenated alkanes) is 3. The van der Waals surface area contributed by atoms with Crippen molar-refractivity contribution in [1.82, 2.24) is 0 Å². The molecule has 0 unspecified atom stereocenters. The van der Waals surface area contributed by atoms with Crippen molar-refractivity contribution >= 4 is 17.9 Å². The van der Waals surface area contributed by atoms with Gasteiger partial charge in [-0.15, -0.1) is 0 Å². The average Bonchev–Trinajstić information content (AvgIpc) is 3.28. The van der Waals surface area contributed by atoms with Crippen LogP contribution >= 0.6 is 0 Å². The highest BCUT2D eigenvalue weighted by atomic mass is 16.6. The summed E-state index contributed by atoms with van der Waals surface area (Å²) in [6.45, 7) is 6.35. The summed E-state index contributed by atoms with van der Waals surface area (Å²) >= 11 is 0. The predicted molar refractivity (Wildman–Crippen MR) is 115 cm³/mol. The summed E-state index contributed by atoms with van der Waals surface area (Å²) in [5.74, 6) is -2.49. The number of allylic oxidation sites excluding steroid dienone is 4. The molecule has 0 saturated carbocycles. The van der Waals surface area contributed by atoms with Crippen LogP contribution < -0.4 is 0 Å². The van der Waals surface area contributed by atoms with Crippen LogP contribution in [0.2, 0.25) is 0 Å². The third-order valence-electron chi connectivity index (χ3n) is 4.16. The first-order chi connectivity index (χ1) is 14.4. The van der Waals surface area contributed by atoms with Gasteiger partial charge in [-0.3, -0.25) is 9.59 Å². The lowest BCUT2D eigenvalue weighted by atomic mass is 9.95. The SMILES string of the molecule is C1=CCC=C1.CCCCOC(=O)CC(O)(CC(=O)OCCCC)C(=O)OCCCC. The van der Waals surface area contributed by atoms with Crippen LogP contribution in [-0.4, -0.2) is 48.4 Å². The lowest BCUT2D eigenvalue weighted by Gasteiger charge is -2.24. The van der Waals surface area contributed by atoms with Crippen LogP contribution in [0.4, 0.5) is 0 Å². The number of hydrogen-bond donors (Lipinski definition) is 1. The van der Waals surface area contributed by atoms with Gasteiger partial charge in [0.2, 0.25) is 0 Å². The van der Waals surface area contributed by atoms with Crippen LogP contribution in [0.25, 0.3) is 0 Å². The van der Waals surface area contributed by atoms with Gasteiger partial charge in [-0.25, -0.2) is 4.79 Å². The molecule has 0 radical (unpaired) electrons. The minimum absolute atomic E-state index is 0.118. The van der Waals surface area contributed by atoms with E-state index in [0.29, 0.717) is 19.3 Å². The van der Waals surface area contributed by atoms with Crippen molar-refractivity contribution in [1.29, 1.82) is 0 Å². The molecule has 7 nitrogen and oxygen atoms in total. The first kappa shape index (κ1) is 27.8. The van der Waals surface area contributed by atoms with E-state index in [1.807, 2.05) is 20.8 Å². The second-order valence-corrected chi connectivity index (χ2v) is 7.11. The molecule has 0 fully saturated rings. The molecule has 0 heterocycles. The van der Waals surface area contributed by atoms with Crippen LogP contribution in [0, 0.1) is 0 Å². The van der Waals surface area contributed by atoms with Gasteiger partial charge in [-0.05, 0) is 25.7 Å². The maximum Gasteiger partial charge on any atom is 0.339 e. The smallest absolute Gasteiger partial charge is 0.339 e. The third-order valence-corrected chi connectivity index (χ3v) is 4.16. The molecule has 1 aliphatic carbocycles. The van der Waals surface area contributed by atoms with Crippen molar-refractivity contribution in [2.45, 2.75) is 84.2 Å². The number of hydrogen-bond acceptors (Lipinski definition) is 7. The van der Waals surface area contributed by atoms with E-state index in [2.05, 4.69) is 24.3 Å². The Labute approximate surface area is 180 Å². The Morgan fingerprint density at radius 3 is 1.50 bits per heavy atom. The Bertz CT molecular complexity index is 518. The molecule has 1 aliphatic rings. The van der Waals surface area contributed by atoms with Crippen molar-refractivity contribution in [2.75, 3.05) is 19.8 Å². The minimum atomic E-state index is -2.26. The van der Waals surface area contributed by atoms with E-state index in [1.165, 1.54) is 0 Å². The summed E-state index contributed by atoms with van der Waals surface area (Å²) in [5.41, 5.74) is -2.26. The zero-order chi connectivity index (χ0) is 22.7. The predicted octanol–water partition coefficient (Wildman–Crippen LogP) is 4.03. The van der Waals surface area contributed by atoms with Crippen molar-refractivity contribution < 1.29 is 33.7 Å². The standard InChI is InChI=1S/C18H32O7.C5H6/c1-4-7-10-23-15(19)13-18(22,17(21)25-12-9-6-3)14-16(20)24-11-8-5-2;1-2-4-5-3-1/h22H,4-14H2,1-3H3;1-4H,5H2. The van der Waals surface area contributed by atoms with E-state index in [0.717, 1.165) is 25.7 Å². The quantitative estimate of drug-likeness (QED) is 0.254. The van der Waals surface area contributed by atoms with Gasteiger partial charge in [0.25, 0.3) is 0 Å². The maximum absolute atomic E-state index is 12.2. The van der Waals surface area contributed by atoms with Gasteiger partial charge >= 0.3 is 17.9 Å². The first-order valence-corrected chi connectivity index (χ1v) is 10.9. The highest BCUT2D eigenvalue weighted by Crippen LogP contribution is 2.20. The van der Waals surface area contributed by atoms with Crippen molar-refractivity contribution in [2.24, 2.45) is 0 Å². The second-order valence-electron chi connectivity index (χ2n) is 7.11. The zero-order valence-corrected chi connectivity index (χ0v) is 18.7. The Kier molecular flexibility index (Phi) is 16.4. The topological polar surface area (TPSA) is 99.1 Å². The number of ether oxygens (including phenoxy) is 3. The van der Waals surface area contributed by atoms with E-state index < -0.39 is 36.4 Å². The van der Waals surface area contributed by atoms with Crippen molar-refractivity contribution in [3.63, 3.8) is 0 Å². The number of aliphatic hydroxyl groups is 1. The molecular formula is C23H38O7. The van der Waals surface area contributed by atoms with Crippen LogP contribution in [-0.2, 0) is 28.6 Å². The molecule has 0 spiro atoms. The molecule has 172 valence electrons. The number of rotatable bonds is 14. The summed E-state index contributed by atoms with van der Waals surface area (Å²) in [5, 5.41) is 10.6. The molecule has 0 aromatic carbocycles. The maximum atomic E-state index is 12.2. The third kappa shape index (κ3) is 13.9. The summed E-state index contributed by atoms with van der Waals surface area (Å²) in [6, 6.07) is 0. The Balaban J connectivity index is 0.00000145. The van der Waals surface area contributed by atoms with Gasteiger partial charge in [-0.1, -0.05) is 64.3 Å². The van der Waals surface area contributed by atoms with Gasteiger partial charge in [0.15, 0.2) is 5.60 Å². The molecule has 0 atom stereocenters. The number of carbonyl (C=O) groups is 3. The van der Waals surface area contributed by atoms with Gasteiger partial charge in [0.05, 0.1) is 32.7 Å². The summed E-state index contributed by atoms with van der Waals surface area (Å²) < 4.78 is 14.9. The fraction of sp³-hybridized carbons (Fsp3) is 0.696. The van der Waals surface area contributed by atoms with Crippen molar-refractivity contribution in [3.05, 3.63) is 24.3 Å². The summed E-state index contributed by atoms with van der Waals surface area (Å²) in [4.78, 5) is 35.9. The van der Waals surface area contributed by atoms with Crippen LogP contribution in [0.15, 0.2) is 24.3 Å². The molecule has 0 bridgehead atoms. The lowest BCUT2D eigenvalue weighted by molar-refractivity contribution is -0.178. The van der Waals surface area contributed by atoms with Crippen LogP contribution in [0.3, 0.4) is 0 Å². The van der Waals surface area contributed by atoms with Crippen LogP contribution in [0.5, 0.6) is 0 Å². The molecule has 0 aromatic heterocycles. The lowest BCUT2D eigenvalue weighted by Crippen LogP contribution is -2.45. The average molecular weight is 427 g/mol. The number of esters is 3. The highest BCUT2D eigenvalue weighted by Gasteiger charge is 2.43. The molecule has 30 heavy (non-hydrogen) atoms. The van der Waals surface area contributed by atoms with Gasteiger partial charge in [-0.2, -0.15) is 0 Å². The Hall–Kier alpha value is -2.15. The first-order valence-electron chi connectivity index (χ1n) is 10.9. The molecular weight excluding hydrogens is 388 g/mol. The highest BCUT2D eigenvalue weighted by molar-refractivity contribution is 5.90. The van der Waals surface area contributed by atoms with E-state index in [1.54, 1.807) is 0 Å². The summed E-state index contributed by atoms with van der Waals surface area (Å²) in [7, 11) is 0. The monoisotopic (exact) mass is 426 g/mol. The Morgan fingerprint density at radius 1 is 0.767 bits per heavy atom. The van der Waals surface area contributed by atoms with Gasteiger partial charge in [0, 0.05) is 0 Å². The Morgan fingerprint density at radius 2 is 1.17 bits per heavy atom. The molecule has 7 heteroatoms. The van der Waals surface area contributed by atoms with Crippen molar-refractivity contribution in [3.8, 4) is 0 Å². The summed E-state index contributed by atoms with van der Waals surface area (Å²) in [6.07, 6.45) is 12.7. The van der Waals surface area contributed by atoms with Crippen LogP contribution in [0.1, 0.15) is 78.6 Å². The number of carbonyl (C=O) groups excluding carboxylic acids is 3. The molecule has 0 aromatic rings. The normalized spacial score (nSPS) is 12.1. The second kappa shape index (κ2) is 17.7. The molecule has 1 N–H and O–H groups in total. The van der Waals surface area contributed by atoms with E-state index in [-0.39, 0.29) is 19.8 Å². The molecule has 0 amide bonds. The zero-order valence-electron chi connectivity index (χ0n) is 18.7. The van der Waals surface area contributed by atoms with Gasteiger partial charge in [0.1, 0.15) is 0 Å². The van der Waals surface area contributed by atoms with E-state index >= 15 is 0 Å². The fourth-order valence-corrected chi connectivity index (χ4v) is 2.28. The van der Waals surface area contributed by atoms with Gasteiger partial charge < -0.3 is 19.3 Å². The van der Waals surface area contributed by atoms with E-state index in [9.17, 15) is 19.5 Å². The largest absolute Gasteiger partial charge is 0.466 e. The van der Waals surface area contributed by atoms with E-state index in [4.69, 9.17) is 14.2 Å².